The number of azo groups is 1. The first-order valence-corrected chi connectivity index (χ1v) is 8.75. The fraction of sp³-hybridized carbons (Fsp3) is 0.0500. The third kappa shape index (κ3) is 3.20. The van der Waals surface area contributed by atoms with E-state index in [-0.39, 0.29) is 34.5 Å². The van der Waals surface area contributed by atoms with Crippen LogP contribution in [0.2, 0.25) is 0 Å². The molecular weight excluding hydrogens is 384 g/mol. The molecule has 4 rings (SSSR count). The highest BCUT2D eigenvalue weighted by Crippen LogP contribution is 2.39. The highest BCUT2D eigenvalue weighted by molar-refractivity contribution is 6.11. The summed E-state index contributed by atoms with van der Waals surface area (Å²) in [6.07, 6.45) is 4.40. The Bertz CT molecular complexity index is 1320. The van der Waals surface area contributed by atoms with Crippen LogP contribution in [0.15, 0.2) is 65.2 Å². The lowest BCUT2D eigenvalue weighted by Gasteiger charge is -2.10. The Balaban J connectivity index is 1.87. The van der Waals surface area contributed by atoms with Crippen molar-refractivity contribution in [1.82, 2.24) is 25.1 Å². The molecule has 0 unspecified atom stereocenters. The number of carbonyl (C=O) groups is 1. The van der Waals surface area contributed by atoms with Gasteiger partial charge in [-0.1, -0.05) is 24.3 Å². The van der Waals surface area contributed by atoms with Gasteiger partial charge in [-0.3, -0.25) is 4.79 Å². The summed E-state index contributed by atoms with van der Waals surface area (Å²) in [6, 6.07) is 10.4. The summed E-state index contributed by atoms with van der Waals surface area (Å²) in [4.78, 5) is 24.0. The minimum atomic E-state index is -0.453. The normalized spacial score (nSPS) is 10.9. The number of amides is 1. The number of nitrogens with one attached hydrogen (secondary N) is 1. The maximum absolute atomic E-state index is 12.4. The van der Waals surface area contributed by atoms with Crippen molar-refractivity contribution < 1.29 is 9.90 Å². The molecule has 2 aromatic carbocycles. The molecule has 0 aliphatic heterocycles. The molecule has 0 saturated heterocycles. The number of carbonyl (C=O) groups excluding carboxylic acids is 1. The minimum Gasteiger partial charge on any atom is -0.505 e. The van der Waals surface area contributed by atoms with Crippen LogP contribution in [0.25, 0.3) is 21.6 Å². The van der Waals surface area contributed by atoms with Crippen molar-refractivity contribution in [2.45, 2.75) is 0 Å². The maximum atomic E-state index is 12.4. The number of aromatic nitrogens is 4. The average Bonchev–Trinajstić information content (AvgIpc) is 3.20. The lowest BCUT2D eigenvalue weighted by atomic mass is 10.0. The van der Waals surface area contributed by atoms with Crippen LogP contribution in [0.4, 0.5) is 17.2 Å². The van der Waals surface area contributed by atoms with Gasteiger partial charge < -0.3 is 10.4 Å². The van der Waals surface area contributed by atoms with Crippen LogP contribution in [-0.2, 0) is 0 Å². The Morgan fingerprint density at radius 3 is 2.70 bits per heavy atom. The molecule has 0 aliphatic carbocycles. The number of phenols is 1. The van der Waals surface area contributed by atoms with Gasteiger partial charge in [0.2, 0.25) is 0 Å². The van der Waals surface area contributed by atoms with Crippen LogP contribution in [0.5, 0.6) is 5.75 Å². The van der Waals surface area contributed by atoms with E-state index >= 15 is 0 Å². The van der Waals surface area contributed by atoms with Crippen LogP contribution < -0.4 is 5.32 Å². The van der Waals surface area contributed by atoms with E-state index in [0.717, 1.165) is 0 Å². The minimum absolute atomic E-state index is 0.0740. The predicted octanol–water partition coefficient (Wildman–Crippen LogP) is 3.85. The Morgan fingerprint density at radius 1 is 1.20 bits per heavy atom. The molecule has 4 aromatic rings. The lowest BCUT2D eigenvalue weighted by Crippen LogP contribution is -2.18. The van der Waals surface area contributed by atoms with Crippen LogP contribution in [0.1, 0.15) is 10.4 Å². The average molecular weight is 398 g/mol. The smallest absolute Gasteiger partial charge is 0.255 e. The topological polar surface area (TPSA) is 122 Å². The number of hydrogen-bond acceptors (Lipinski definition) is 7. The van der Waals surface area contributed by atoms with E-state index in [9.17, 15) is 9.90 Å². The summed E-state index contributed by atoms with van der Waals surface area (Å²) in [5.41, 5.74) is 0.304. The molecule has 30 heavy (non-hydrogen) atoms. The fourth-order valence-electron chi connectivity index (χ4n) is 2.91. The van der Waals surface area contributed by atoms with E-state index in [1.165, 1.54) is 30.3 Å². The fourth-order valence-corrected chi connectivity index (χ4v) is 2.91. The van der Waals surface area contributed by atoms with E-state index < -0.39 is 5.91 Å². The molecule has 0 radical (unpaired) electrons. The first-order valence-electron chi connectivity index (χ1n) is 8.75. The molecule has 146 valence electrons. The van der Waals surface area contributed by atoms with Crippen molar-refractivity contribution in [1.29, 1.82) is 0 Å². The van der Waals surface area contributed by atoms with Crippen molar-refractivity contribution in [2.75, 3.05) is 7.05 Å². The van der Waals surface area contributed by atoms with Crippen LogP contribution in [-0.4, -0.2) is 37.8 Å². The van der Waals surface area contributed by atoms with Gasteiger partial charge in [0.15, 0.2) is 11.6 Å². The summed E-state index contributed by atoms with van der Waals surface area (Å²) in [6.45, 7) is 7.34. The molecule has 0 saturated carbocycles. The summed E-state index contributed by atoms with van der Waals surface area (Å²) in [7, 11) is 1.48. The first-order chi connectivity index (χ1) is 14.6. The Hall–Kier alpha value is -4.65. The Morgan fingerprint density at radius 2 is 1.97 bits per heavy atom. The van der Waals surface area contributed by atoms with E-state index in [1.54, 1.807) is 30.3 Å². The molecular formula is C20H14N8O2. The van der Waals surface area contributed by atoms with Gasteiger partial charge in [0.25, 0.3) is 17.5 Å². The summed E-state index contributed by atoms with van der Waals surface area (Å²) in [5, 5.41) is 26.8. The van der Waals surface area contributed by atoms with Crippen molar-refractivity contribution >= 4 is 33.9 Å². The van der Waals surface area contributed by atoms with Gasteiger partial charge in [-0.25, -0.2) is 14.8 Å². The standard InChI is InChI=1S/C20H14N8O2/c1-21-15-11-25-28(20-23-8-5-9-24-20)18(15)27-26-14-10-12-6-3-4-7-13(12)16(17(14)29)19(30)22-2/h3-11,29H,2H3,(H,22,30). The van der Waals surface area contributed by atoms with Gasteiger partial charge in [0, 0.05) is 19.4 Å². The van der Waals surface area contributed by atoms with E-state index in [0.29, 0.717) is 10.8 Å². The quantitative estimate of drug-likeness (QED) is 0.399. The monoisotopic (exact) mass is 398 g/mol. The second-order valence-electron chi connectivity index (χ2n) is 6.05. The van der Waals surface area contributed by atoms with E-state index in [4.69, 9.17) is 6.57 Å². The molecule has 2 aromatic heterocycles. The van der Waals surface area contributed by atoms with Crippen LogP contribution >= 0.6 is 0 Å². The van der Waals surface area contributed by atoms with Crippen LogP contribution in [0.3, 0.4) is 0 Å². The first kappa shape index (κ1) is 18.7. The van der Waals surface area contributed by atoms with E-state index in [1.807, 2.05) is 6.07 Å². The molecule has 0 spiro atoms. The van der Waals surface area contributed by atoms with Crippen molar-refractivity contribution in [3.05, 3.63) is 72.0 Å². The highest BCUT2D eigenvalue weighted by atomic mass is 16.3. The maximum Gasteiger partial charge on any atom is 0.255 e. The van der Waals surface area contributed by atoms with Crippen molar-refractivity contribution in [2.24, 2.45) is 10.2 Å². The zero-order valence-corrected chi connectivity index (χ0v) is 15.7. The summed E-state index contributed by atoms with van der Waals surface area (Å²) in [5.74, 6) is -0.450. The Labute approximate surface area is 170 Å². The number of hydrogen-bond donors (Lipinski definition) is 2. The SMILES string of the molecule is [C-]#[N+]c1cnn(-c2ncccn2)c1N=Nc1cc2ccccc2c(C(=O)NC)c1O. The van der Waals surface area contributed by atoms with Crippen LogP contribution in [0, 0.1) is 6.57 Å². The largest absolute Gasteiger partial charge is 0.505 e. The predicted molar refractivity (Wildman–Crippen MR) is 109 cm³/mol. The molecule has 2 heterocycles. The molecule has 0 aliphatic rings. The molecule has 0 fully saturated rings. The molecule has 10 nitrogen and oxygen atoms in total. The zero-order chi connectivity index (χ0) is 21.1. The van der Waals surface area contributed by atoms with E-state index in [2.05, 4.69) is 35.5 Å². The summed E-state index contributed by atoms with van der Waals surface area (Å²) >= 11 is 0. The third-order valence-electron chi connectivity index (χ3n) is 4.30. The van der Waals surface area contributed by atoms with Gasteiger partial charge in [-0.15, -0.1) is 10.2 Å². The number of rotatable bonds is 4. The van der Waals surface area contributed by atoms with Gasteiger partial charge in [-0.2, -0.15) is 9.78 Å². The number of fused-ring (bicyclic) bond motifs is 1. The summed E-state index contributed by atoms with van der Waals surface area (Å²) < 4.78 is 1.27. The highest BCUT2D eigenvalue weighted by Gasteiger charge is 2.19. The number of nitrogens with zero attached hydrogens (tertiary/aromatic N) is 7. The third-order valence-corrected chi connectivity index (χ3v) is 4.30. The lowest BCUT2D eigenvalue weighted by molar-refractivity contribution is 0.0962. The molecule has 0 atom stereocenters. The Kier molecular flexibility index (Phi) is 4.84. The number of phenolic OH excluding ortho intramolecular Hbond substituents is 1. The molecule has 10 heteroatoms. The molecule has 1 amide bonds. The number of benzene rings is 2. The number of aromatic hydroxyl groups is 1. The van der Waals surface area contributed by atoms with Gasteiger partial charge in [0.05, 0.1) is 18.3 Å². The van der Waals surface area contributed by atoms with Crippen molar-refractivity contribution in [3.63, 3.8) is 0 Å². The molecule has 2 N–H and O–H groups in total. The second kappa shape index (κ2) is 7.76. The van der Waals surface area contributed by atoms with Crippen molar-refractivity contribution in [3.8, 4) is 11.7 Å². The second-order valence-corrected chi connectivity index (χ2v) is 6.05. The van der Waals surface area contributed by atoms with Gasteiger partial charge in [-0.05, 0) is 22.9 Å². The van der Waals surface area contributed by atoms with Gasteiger partial charge in [0.1, 0.15) is 5.69 Å². The zero-order valence-electron chi connectivity index (χ0n) is 15.7. The molecule has 0 bridgehead atoms. The van der Waals surface area contributed by atoms with Gasteiger partial charge >= 0.3 is 0 Å².